The van der Waals surface area contributed by atoms with Gasteiger partial charge in [0.2, 0.25) is 0 Å². The zero-order valence-electron chi connectivity index (χ0n) is 13.9. The fraction of sp³-hybridized carbons (Fsp3) is 0.421. The fourth-order valence-corrected chi connectivity index (χ4v) is 4.07. The highest BCUT2D eigenvalue weighted by Crippen LogP contribution is 2.35. The molecular formula is C19H28NP. The van der Waals surface area contributed by atoms with E-state index in [0.29, 0.717) is 6.04 Å². The van der Waals surface area contributed by atoms with Gasteiger partial charge in [-0.2, -0.15) is 0 Å². The molecule has 0 bridgehead atoms. The van der Waals surface area contributed by atoms with Crippen molar-refractivity contribution in [3.63, 3.8) is 0 Å². The van der Waals surface area contributed by atoms with E-state index in [4.69, 9.17) is 0 Å². The summed E-state index contributed by atoms with van der Waals surface area (Å²) in [7, 11) is -0.939. The van der Waals surface area contributed by atoms with Gasteiger partial charge in [0.1, 0.15) is 0 Å². The van der Waals surface area contributed by atoms with Gasteiger partial charge in [0.05, 0.1) is 0 Å². The van der Waals surface area contributed by atoms with Crippen molar-refractivity contribution in [1.82, 2.24) is 4.90 Å². The molecule has 1 heterocycles. The summed E-state index contributed by atoms with van der Waals surface area (Å²) in [4.78, 5) is 2.28. The SMILES string of the molecule is C=C/[PH](C#CC)=C/C1=C(CC)CC(=C)N(C(C)C)C(=C)C1. The van der Waals surface area contributed by atoms with Crippen LogP contribution in [0.25, 0.3) is 0 Å². The van der Waals surface area contributed by atoms with Crippen LogP contribution in [0, 0.1) is 11.6 Å². The minimum absolute atomic E-state index is 0.405. The summed E-state index contributed by atoms with van der Waals surface area (Å²) in [5.41, 5.74) is 8.43. The Hall–Kier alpha value is -1.38. The van der Waals surface area contributed by atoms with Gasteiger partial charge in [-0.25, -0.2) is 0 Å². The van der Waals surface area contributed by atoms with Crippen LogP contribution in [0.1, 0.15) is 47.0 Å². The Morgan fingerprint density at radius 1 is 1.29 bits per heavy atom. The first-order valence-electron chi connectivity index (χ1n) is 7.57. The summed E-state index contributed by atoms with van der Waals surface area (Å²) in [6, 6.07) is 0.405. The molecule has 0 saturated heterocycles. The van der Waals surface area contributed by atoms with E-state index in [1.165, 1.54) is 11.1 Å². The third-order valence-electron chi connectivity index (χ3n) is 3.71. The van der Waals surface area contributed by atoms with Crippen molar-refractivity contribution in [2.24, 2.45) is 0 Å². The van der Waals surface area contributed by atoms with Gasteiger partial charge in [-0.1, -0.05) is 43.7 Å². The molecule has 0 N–H and O–H groups in total. The van der Waals surface area contributed by atoms with Crippen LogP contribution in [-0.2, 0) is 0 Å². The Labute approximate surface area is 131 Å². The minimum atomic E-state index is -0.939. The van der Waals surface area contributed by atoms with Crippen LogP contribution in [0.4, 0.5) is 0 Å². The van der Waals surface area contributed by atoms with Gasteiger partial charge < -0.3 is 4.90 Å². The molecule has 0 fully saturated rings. The molecule has 0 amide bonds. The van der Waals surface area contributed by atoms with Gasteiger partial charge in [-0.3, -0.25) is 0 Å². The number of hydrogen-bond acceptors (Lipinski definition) is 1. The predicted octanol–water partition coefficient (Wildman–Crippen LogP) is 5.37. The molecule has 0 spiro atoms. The normalized spacial score (nSPS) is 17.7. The van der Waals surface area contributed by atoms with Crippen LogP contribution in [0.3, 0.4) is 0 Å². The van der Waals surface area contributed by atoms with Crippen molar-refractivity contribution in [2.45, 2.75) is 53.0 Å². The van der Waals surface area contributed by atoms with Crippen LogP contribution in [0.2, 0.25) is 0 Å². The second kappa shape index (κ2) is 8.16. The Morgan fingerprint density at radius 3 is 2.38 bits per heavy atom. The number of allylic oxidation sites excluding steroid dienone is 2. The van der Waals surface area contributed by atoms with E-state index < -0.39 is 7.55 Å². The van der Waals surface area contributed by atoms with Crippen molar-refractivity contribution < 1.29 is 0 Å². The predicted molar refractivity (Wildman–Crippen MR) is 99.8 cm³/mol. The molecule has 21 heavy (non-hydrogen) atoms. The monoisotopic (exact) mass is 301 g/mol. The molecule has 0 aromatic rings. The summed E-state index contributed by atoms with van der Waals surface area (Å²) in [6.07, 6.45) is 2.88. The maximum atomic E-state index is 4.29. The largest absolute Gasteiger partial charge is 0.347 e. The van der Waals surface area contributed by atoms with Crippen molar-refractivity contribution in [1.29, 1.82) is 0 Å². The zero-order chi connectivity index (χ0) is 16.0. The average molecular weight is 301 g/mol. The molecule has 1 rings (SSSR count). The molecule has 1 aliphatic heterocycles. The summed E-state index contributed by atoms with van der Waals surface area (Å²) in [6.45, 7) is 21.0. The Bertz CT molecular complexity index is 564. The Morgan fingerprint density at radius 2 is 1.90 bits per heavy atom. The summed E-state index contributed by atoms with van der Waals surface area (Å²) in [5, 5.41) is 0. The van der Waals surface area contributed by atoms with E-state index in [0.717, 1.165) is 30.7 Å². The number of nitrogens with zero attached hydrogens (tertiary/aromatic N) is 1. The van der Waals surface area contributed by atoms with Gasteiger partial charge in [-0.05, 0) is 46.1 Å². The molecule has 1 aliphatic rings. The van der Waals surface area contributed by atoms with E-state index in [9.17, 15) is 0 Å². The molecule has 0 aliphatic carbocycles. The zero-order valence-corrected chi connectivity index (χ0v) is 14.9. The van der Waals surface area contributed by atoms with Crippen molar-refractivity contribution in [3.8, 4) is 11.6 Å². The van der Waals surface area contributed by atoms with Gasteiger partial charge in [0.25, 0.3) is 0 Å². The van der Waals surface area contributed by atoms with Gasteiger partial charge in [0, 0.05) is 30.3 Å². The molecule has 0 saturated carbocycles. The maximum absolute atomic E-state index is 4.29. The van der Waals surface area contributed by atoms with E-state index in [1.54, 1.807) is 0 Å². The fourth-order valence-electron chi connectivity index (χ4n) is 2.81. The van der Waals surface area contributed by atoms with E-state index in [1.807, 2.05) is 12.7 Å². The van der Waals surface area contributed by atoms with Crippen LogP contribution < -0.4 is 0 Å². The first kappa shape index (κ1) is 17.7. The van der Waals surface area contributed by atoms with Gasteiger partial charge in [-0.15, -0.1) is 5.92 Å². The van der Waals surface area contributed by atoms with E-state index in [2.05, 4.69) is 62.8 Å². The van der Waals surface area contributed by atoms with E-state index >= 15 is 0 Å². The van der Waals surface area contributed by atoms with Crippen LogP contribution in [0.15, 0.2) is 48.1 Å². The lowest BCUT2D eigenvalue weighted by atomic mass is 10.0. The van der Waals surface area contributed by atoms with Crippen LogP contribution in [0.5, 0.6) is 0 Å². The van der Waals surface area contributed by atoms with E-state index in [-0.39, 0.29) is 0 Å². The quantitative estimate of drug-likeness (QED) is 0.499. The number of hydrogen-bond donors (Lipinski definition) is 0. The highest BCUT2D eigenvalue weighted by atomic mass is 31.1. The first-order chi connectivity index (χ1) is 9.94. The maximum Gasteiger partial charge on any atom is 0.0279 e. The second-order valence-electron chi connectivity index (χ2n) is 5.61. The molecule has 1 atom stereocenters. The van der Waals surface area contributed by atoms with Crippen LogP contribution >= 0.6 is 7.55 Å². The summed E-state index contributed by atoms with van der Waals surface area (Å²) >= 11 is 0. The molecule has 0 radical (unpaired) electrons. The van der Waals surface area contributed by atoms with Crippen molar-refractivity contribution >= 4 is 13.3 Å². The number of rotatable bonds is 4. The third kappa shape index (κ3) is 4.55. The third-order valence-corrected chi connectivity index (χ3v) is 5.35. The molecule has 114 valence electrons. The lowest BCUT2D eigenvalue weighted by Crippen LogP contribution is -2.27. The summed E-state index contributed by atoms with van der Waals surface area (Å²) in [5.74, 6) is 7.37. The average Bonchev–Trinajstić information content (AvgIpc) is 2.54. The van der Waals surface area contributed by atoms with Crippen LogP contribution in [-0.4, -0.2) is 16.7 Å². The van der Waals surface area contributed by atoms with Gasteiger partial charge >= 0.3 is 0 Å². The summed E-state index contributed by atoms with van der Waals surface area (Å²) < 4.78 is 0. The first-order valence-corrected chi connectivity index (χ1v) is 9.22. The molecule has 0 aromatic carbocycles. The smallest absolute Gasteiger partial charge is 0.0279 e. The highest BCUT2D eigenvalue weighted by Gasteiger charge is 2.21. The highest BCUT2D eigenvalue weighted by molar-refractivity contribution is 7.65. The molecular weight excluding hydrogens is 273 g/mol. The lowest BCUT2D eigenvalue weighted by Gasteiger charge is -2.31. The van der Waals surface area contributed by atoms with Crippen molar-refractivity contribution in [3.05, 3.63) is 48.1 Å². The Balaban J connectivity index is 3.27. The molecule has 0 aromatic heterocycles. The van der Waals surface area contributed by atoms with Crippen molar-refractivity contribution in [2.75, 3.05) is 0 Å². The second-order valence-corrected chi connectivity index (χ2v) is 7.47. The van der Waals surface area contributed by atoms with Gasteiger partial charge in [0.15, 0.2) is 0 Å². The minimum Gasteiger partial charge on any atom is -0.347 e. The Kier molecular flexibility index (Phi) is 6.86. The molecule has 1 nitrogen and oxygen atoms in total. The lowest BCUT2D eigenvalue weighted by molar-refractivity contribution is 0.347. The standard InChI is InChI=1S/C19H28NP/c1-8-11-21(10-3)14-19-13-17(7)20(15(4)5)16(6)12-18(19)9-2/h10,14-15,21H,3,6-7,9,12-13H2,1-2,4-5H3. The topological polar surface area (TPSA) is 3.24 Å². The molecule has 2 heteroatoms. The molecule has 1 unspecified atom stereocenters.